The molecule has 0 aliphatic carbocycles. The fraction of sp³-hybridized carbons (Fsp3) is 0.333. The van der Waals surface area contributed by atoms with E-state index in [4.69, 9.17) is 4.74 Å². The Kier molecular flexibility index (Phi) is 5.23. The lowest BCUT2D eigenvalue weighted by Gasteiger charge is -2.04. The van der Waals surface area contributed by atoms with E-state index in [2.05, 4.69) is 25.1 Å². The Balaban J connectivity index is 2.57. The standard InChI is InChI=1S/C12H16OS/c1-3-4-10-12(13-2)14-11-8-6-5-7-9-11/h5-10H,3-4H2,1-2H3/b12-10+. The quantitative estimate of drug-likeness (QED) is 0.533. The molecule has 0 saturated carbocycles. The third-order valence-electron chi connectivity index (χ3n) is 1.76. The molecule has 14 heavy (non-hydrogen) atoms. The molecule has 1 aromatic rings. The minimum absolute atomic E-state index is 0.984. The molecule has 0 aliphatic heterocycles. The fourth-order valence-corrected chi connectivity index (χ4v) is 1.84. The molecule has 0 fully saturated rings. The summed E-state index contributed by atoms with van der Waals surface area (Å²) in [5.41, 5.74) is 0. The van der Waals surface area contributed by atoms with E-state index in [1.165, 1.54) is 4.90 Å². The van der Waals surface area contributed by atoms with Gasteiger partial charge in [0.2, 0.25) is 0 Å². The summed E-state index contributed by atoms with van der Waals surface area (Å²) in [5, 5.41) is 0.984. The predicted octanol–water partition coefficient (Wildman–Crippen LogP) is 4.07. The van der Waals surface area contributed by atoms with Gasteiger partial charge >= 0.3 is 0 Å². The van der Waals surface area contributed by atoms with Crippen LogP contribution in [0, 0.1) is 0 Å². The molecule has 0 amide bonds. The lowest BCUT2D eigenvalue weighted by molar-refractivity contribution is 0.323. The number of thioether (sulfide) groups is 1. The summed E-state index contributed by atoms with van der Waals surface area (Å²) in [6.07, 6.45) is 4.36. The van der Waals surface area contributed by atoms with E-state index in [1.807, 2.05) is 18.2 Å². The van der Waals surface area contributed by atoms with Crippen LogP contribution in [-0.2, 0) is 4.74 Å². The number of unbranched alkanes of at least 4 members (excludes halogenated alkanes) is 1. The molecule has 0 aromatic heterocycles. The average molecular weight is 208 g/mol. The van der Waals surface area contributed by atoms with Gasteiger partial charge in [-0.1, -0.05) is 43.3 Å². The van der Waals surface area contributed by atoms with Crippen molar-refractivity contribution in [1.29, 1.82) is 0 Å². The van der Waals surface area contributed by atoms with E-state index in [1.54, 1.807) is 18.9 Å². The normalized spacial score (nSPS) is 11.4. The van der Waals surface area contributed by atoms with Crippen molar-refractivity contribution in [2.24, 2.45) is 0 Å². The van der Waals surface area contributed by atoms with Crippen molar-refractivity contribution in [3.05, 3.63) is 41.5 Å². The molecule has 0 heterocycles. The maximum atomic E-state index is 5.28. The predicted molar refractivity (Wildman–Crippen MR) is 62.3 cm³/mol. The highest BCUT2D eigenvalue weighted by atomic mass is 32.2. The molecule has 1 rings (SSSR count). The molecule has 1 aromatic carbocycles. The molecule has 0 saturated heterocycles. The summed E-state index contributed by atoms with van der Waals surface area (Å²) in [7, 11) is 1.72. The zero-order chi connectivity index (χ0) is 10.2. The van der Waals surface area contributed by atoms with Gasteiger partial charge in [0.1, 0.15) is 0 Å². The molecule has 0 radical (unpaired) electrons. The summed E-state index contributed by atoms with van der Waals surface area (Å²) in [5.74, 6) is 0. The Morgan fingerprint density at radius 2 is 2.07 bits per heavy atom. The molecule has 76 valence electrons. The van der Waals surface area contributed by atoms with Crippen LogP contribution < -0.4 is 0 Å². The second-order valence-electron chi connectivity index (χ2n) is 2.93. The maximum Gasteiger partial charge on any atom is 0.153 e. The van der Waals surface area contributed by atoms with Gasteiger partial charge in [0.05, 0.1) is 7.11 Å². The molecule has 0 spiro atoms. The number of hydrogen-bond donors (Lipinski definition) is 0. The highest BCUT2D eigenvalue weighted by Crippen LogP contribution is 2.26. The molecule has 2 heteroatoms. The third kappa shape index (κ3) is 3.88. The van der Waals surface area contributed by atoms with E-state index in [9.17, 15) is 0 Å². The highest BCUT2D eigenvalue weighted by molar-refractivity contribution is 8.02. The van der Waals surface area contributed by atoms with Crippen molar-refractivity contribution in [1.82, 2.24) is 0 Å². The van der Waals surface area contributed by atoms with Crippen LogP contribution in [0.15, 0.2) is 46.4 Å². The van der Waals surface area contributed by atoms with Crippen molar-refractivity contribution in [3.63, 3.8) is 0 Å². The minimum atomic E-state index is 0.984. The number of rotatable bonds is 5. The van der Waals surface area contributed by atoms with Crippen LogP contribution in [0.25, 0.3) is 0 Å². The highest BCUT2D eigenvalue weighted by Gasteiger charge is 1.98. The van der Waals surface area contributed by atoms with Gasteiger partial charge in [0, 0.05) is 4.90 Å². The summed E-state index contributed by atoms with van der Waals surface area (Å²) in [4.78, 5) is 1.22. The molecular formula is C12H16OS. The van der Waals surface area contributed by atoms with E-state index in [0.717, 1.165) is 17.9 Å². The topological polar surface area (TPSA) is 9.23 Å². The Bertz CT molecular complexity index is 280. The van der Waals surface area contributed by atoms with Gasteiger partial charge in [0.25, 0.3) is 0 Å². The first-order chi connectivity index (χ1) is 6.86. The summed E-state index contributed by atoms with van der Waals surface area (Å²) < 4.78 is 5.28. The first kappa shape index (κ1) is 11.2. The summed E-state index contributed by atoms with van der Waals surface area (Å²) in [6.45, 7) is 2.16. The van der Waals surface area contributed by atoms with Gasteiger partial charge in [-0.15, -0.1) is 0 Å². The molecule has 1 nitrogen and oxygen atoms in total. The second-order valence-corrected chi connectivity index (χ2v) is 4.01. The van der Waals surface area contributed by atoms with E-state index >= 15 is 0 Å². The van der Waals surface area contributed by atoms with Gasteiger partial charge in [-0.05, 0) is 24.6 Å². The molecule has 0 aliphatic rings. The van der Waals surface area contributed by atoms with Crippen molar-refractivity contribution < 1.29 is 4.74 Å². The lowest BCUT2D eigenvalue weighted by Crippen LogP contribution is -1.81. The Morgan fingerprint density at radius 3 is 2.64 bits per heavy atom. The number of methoxy groups -OCH3 is 1. The van der Waals surface area contributed by atoms with E-state index in [0.29, 0.717) is 0 Å². The first-order valence-electron chi connectivity index (χ1n) is 4.84. The van der Waals surface area contributed by atoms with Crippen molar-refractivity contribution in [2.45, 2.75) is 24.7 Å². The van der Waals surface area contributed by atoms with Gasteiger partial charge in [-0.2, -0.15) is 0 Å². The monoisotopic (exact) mass is 208 g/mol. The lowest BCUT2D eigenvalue weighted by atomic mass is 10.3. The van der Waals surface area contributed by atoms with E-state index in [-0.39, 0.29) is 0 Å². The number of ether oxygens (including phenoxy) is 1. The largest absolute Gasteiger partial charge is 0.491 e. The van der Waals surface area contributed by atoms with Crippen LogP contribution in [0.1, 0.15) is 19.8 Å². The van der Waals surface area contributed by atoms with Crippen molar-refractivity contribution >= 4 is 11.8 Å². The minimum Gasteiger partial charge on any atom is -0.491 e. The Hall–Kier alpha value is -0.890. The summed E-state index contributed by atoms with van der Waals surface area (Å²) >= 11 is 1.67. The number of allylic oxidation sites excluding steroid dienone is 1. The van der Waals surface area contributed by atoms with E-state index < -0.39 is 0 Å². The van der Waals surface area contributed by atoms with Gasteiger partial charge in [0.15, 0.2) is 5.09 Å². The number of hydrogen-bond acceptors (Lipinski definition) is 2. The van der Waals surface area contributed by atoms with Gasteiger partial charge in [-0.25, -0.2) is 0 Å². The van der Waals surface area contributed by atoms with Crippen LogP contribution in [-0.4, -0.2) is 7.11 Å². The smallest absolute Gasteiger partial charge is 0.153 e. The third-order valence-corrected chi connectivity index (χ3v) is 2.80. The number of benzene rings is 1. The molecule has 0 bridgehead atoms. The van der Waals surface area contributed by atoms with Crippen LogP contribution in [0.5, 0.6) is 0 Å². The molecule has 0 atom stereocenters. The average Bonchev–Trinajstić information content (AvgIpc) is 2.25. The van der Waals surface area contributed by atoms with Crippen LogP contribution in [0.3, 0.4) is 0 Å². The zero-order valence-electron chi connectivity index (χ0n) is 8.69. The van der Waals surface area contributed by atoms with Gasteiger partial charge < -0.3 is 4.74 Å². The Morgan fingerprint density at radius 1 is 1.36 bits per heavy atom. The fourth-order valence-electron chi connectivity index (χ4n) is 1.03. The zero-order valence-corrected chi connectivity index (χ0v) is 9.51. The Labute approximate surface area is 90.2 Å². The maximum absolute atomic E-state index is 5.28. The summed E-state index contributed by atoms with van der Waals surface area (Å²) in [6, 6.07) is 10.3. The molecule has 0 unspecified atom stereocenters. The first-order valence-corrected chi connectivity index (χ1v) is 5.65. The van der Waals surface area contributed by atoms with Crippen molar-refractivity contribution in [3.8, 4) is 0 Å². The van der Waals surface area contributed by atoms with Crippen LogP contribution in [0.4, 0.5) is 0 Å². The van der Waals surface area contributed by atoms with Crippen LogP contribution in [0.2, 0.25) is 0 Å². The molecular weight excluding hydrogens is 192 g/mol. The van der Waals surface area contributed by atoms with Crippen LogP contribution >= 0.6 is 11.8 Å². The second kappa shape index (κ2) is 6.55. The molecule has 0 N–H and O–H groups in total. The SMILES string of the molecule is CCC/C=C(\OC)Sc1ccccc1. The van der Waals surface area contributed by atoms with Gasteiger partial charge in [-0.3, -0.25) is 0 Å². The van der Waals surface area contributed by atoms with Crippen molar-refractivity contribution in [2.75, 3.05) is 7.11 Å².